The molecule has 1 aromatic carbocycles. The molecule has 0 saturated heterocycles. The van der Waals surface area contributed by atoms with Crippen LogP contribution in [0.25, 0.3) is 0 Å². The molecule has 0 aromatic heterocycles. The fraction of sp³-hybridized carbons (Fsp3) is 0.538. The summed E-state index contributed by atoms with van der Waals surface area (Å²) in [5.74, 6) is 0.601. The van der Waals surface area contributed by atoms with Gasteiger partial charge in [-0.05, 0) is 51.1 Å². The van der Waals surface area contributed by atoms with Gasteiger partial charge in [-0.15, -0.1) is 0 Å². The molecule has 2 unspecified atom stereocenters. The highest BCUT2D eigenvalue weighted by atomic mass is 32.2. The summed E-state index contributed by atoms with van der Waals surface area (Å²) in [5.41, 5.74) is 0. The predicted molar refractivity (Wildman–Crippen MR) is 78.6 cm³/mol. The third-order valence-corrected chi connectivity index (χ3v) is 5.56. The largest absolute Gasteiger partial charge is 0.317 e. The molecule has 0 amide bonds. The fourth-order valence-electron chi connectivity index (χ4n) is 1.62. The van der Waals surface area contributed by atoms with Crippen molar-refractivity contribution in [2.75, 3.05) is 19.1 Å². The van der Waals surface area contributed by atoms with Crippen LogP contribution >= 0.6 is 0 Å². The zero-order valence-electron chi connectivity index (χ0n) is 11.5. The van der Waals surface area contributed by atoms with Crippen molar-refractivity contribution in [3.05, 3.63) is 24.3 Å². The standard InChI is InChI=1S/C13H21NO3S2/c1-11(14-2)5-4-10-18(15)12-6-8-13(9-7-12)19(3,16)17/h6-9,11,14H,4-5,10H2,1-3H3. The number of rotatable bonds is 7. The summed E-state index contributed by atoms with van der Waals surface area (Å²) in [6, 6.07) is 6.71. The Labute approximate surface area is 118 Å². The molecule has 0 aliphatic carbocycles. The first-order chi connectivity index (χ1) is 8.84. The maximum Gasteiger partial charge on any atom is 0.175 e. The molecule has 4 nitrogen and oxygen atoms in total. The second-order valence-corrected chi connectivity index (χ2v) is 8.21. The van der Waals surface area contributed by atoms with E-state index in [1.54, 1.807) is 12.1 Å². The number of benzene rings is 1. The van der Waals surface area contributed by atoms with E-state index >= 15 is 0 Å². The van der Waals surface area contributed by atoms with E-state index < -0.39 is 20.6 Å². The molecule has 2 atom stereocenters. The van der Waals surface area contributed by atoms with Gasteiger partial charge in [0.2, 0.25) is 0 Å². The van der Waals surface area contributed by atoms with Crippen LogP contribution in [0.2, 0.25) is 0 Å². The second kappa shape index (κ2) is 7.17. The first kappa shape index (κ1) is 16.3. The van der Waals surface area contributed by atoms with Crippen molar-refractivity contribution < 1.29 is 12.6 Å². The van der Waals surface area contributed by atoms with Gasteiger partial charge in [0.1, 0.15) is 0 Å². The SMILES string of the molecule is CNC(C)CCCS(=O)c1ccc(S(C)(=O)=O)cc1. The van der Waals surface area contributed by atoms with Crippen LogP contribution in [-0.2, 0) is 20.6 Å². The van der Waals surface area contributed by atoms with Crippen molar-refractivity contribution >= 4 is 20.6 Å². The predicted octanol–water partition coefficient (Wildman–Crippen LogP) is 1.59. The lowest BCUT2D eigenvalue weighted by Crippen LogP contribution is -2.21. The Morgan fingerprint density at radius 1 is 1.26 bits per heavy atom. The van der Waals surface area contributed by atoms with E-state index in [1.165, 1.54) is 12.1 Å². The highest BCUT2D eigenvalue weighted by Gasteiger charge is 2.09. The van der Waals surface area contributed by atoms with Gasteiger partial charge >= 0.3 is 0 Å². The molecule has 1 aromatic rings. The van der Waals surface area contributed by atoms with Gasteiger partial charge in [0, 0.05) is 22.9 Å². The number of hydrogen-bond acceptors (Lipinski definition) is 4. The summed E-state index contributed by atoms with van der Waals surface area (Å²) in [6.07, 6.45) is 3.02. The molecule has 0 heterocycles. The van der Waals surface area contributed by atoms with Gasteiger partial charge in [-0.2, -0.15) is 0 Å². The molecule has 0 aliphatic heterocycles. The number of nitrogens with one attached hydrogen (secondary N) is 1. The average molecular weight is 303 g/mol. The van der Waals surface area contributed by atoms with E-state index in [0.29, 0.717) is 16.7 Å². The van der Waals surface area contributed by atoms with Gasteiger partial charge in [-0.3, -0.25) is 4.21 Å². The van der Waals surface area contributed by atoms with Gasteiger partial charge in [-0.1, -0.05) is 0 Å². The first-order valence-corrected chi connectivity index (χ1v) is 9.41. The summed E-state index contributed by atoms with van der Waals surface area (Å²) in [6.45, 7) is 2.09. The minimum absolute atomic E-state index is 0.261. The van der Waals surface area contributed by atoms with Crippen LogP contribution in [0.5, 0.6) is 0 Å². The molecule has 0 bridgehead atoms. The molecular formula is C13H21NO3S2. The summed E-state index contributed by atoms with van der Waals surface area (Å²) >= 11 is 0. The van der Waals surface area contributed by atoms with Crippen molar-refractivity contribution in [2.24, 2.45) is 0 Å². The summed E-state index contributed by atoms with van der Waals surface area (Å²) in [5, 5.41) is 3.14. The maximum absolute atomic E-state index is 12.0. The summed E-state index contributed by atoms with van der Waals surface area (Å²) in [4.78, 5) is 0.946. The summed E-state index contributed by atoms with van der Waals surface area (Å²) < 4.78 is 34.6. The lowest BCUT2D eigenvalue weighted by Gasteiger charge is -2.09. The average Bonchev–Trinajstić information content (AvgIpc) is 2.37. The maximum atomic E-state index is 12.0. The van der Waals surface area contributed by atoms with Crippen molar-refractivity contribution in [3.63, 3.8) is 0 Å². The van der Waals surface area contributed by atoms with Crippen LogP contribution in [0.3, 0.4) is 0 Å². The number of hydrogen-bond donors (Lipinski definition) is 1. The van der Waals surface area contributed by atoms with Crippen LogP contribution in [0.1, 0.15) is 19.8 Å². The molecule has 1 N–H and O–H groups in total. The van der Waals surface area contributed by atoms with Gasteiger partial charge in [-0.25, -0.2) is 8.42 Å². The molecule has 0 saturated carbocycles. The Balaban J connectivity index is 2.59. The molecule has 19 heavy (non-hydrogen) atoms. The topological polar surface area (TPSA) is 63.2 Å². The Kier molecular flexibility index (Phi) is 6.16. The minimum atomic E-state index is -3.18. The number of sulfone groups is 1. The van der Waals surface area contributed by atoms with Gasteiger partial charge in [0.25, 0.3) is 0 Å². The minimum Gasteiger partial charge on any atom is -0.317 e. The Bertz CT molecular complexity index is 523. The molecule has 0 fully saturated rings. The Morgan fingerprint density at radius 3 is 2.32 bits per heavy atom. The third-order valence-electron chi connectivity index (χ3n) is 2.97. The van der Waals surface area contributed by atoms with E-state index in [2.05, 4.69) is 12.2 Å². The van der Waals surface area contributed by atoms with Crippen LogP contribution in [0.15, 0.2) is 34.1 Å². The van der Waals surface area contributed by atoms with Crippen LogP contribution < -0.4 is 5.32 Å². The normalized spacial score (nSPS) is 15.1. The molecular weight excluding hydrogens is 282 g/mol. The van der Waals surface area contributed by atoms with E-state index in [1.807, 2.05) is 7.05 Å². The van der Waals surface area contributed by atoms with E-state index in [0.717, 1.165) is 19.1 Å². The van der Waals surface area contributed by atoms with Crippen molar-refractivity contribution in [2.45, 2.75) is 35.6 Å². The zero-order valence-corrected chi connectivity index (χ0v) is 13.2. The molecule has 6 heteroatoms. The fourth-order valence-corrected chi connectivity index (χ4v) is 3.36. The molecule has 0 aliphatic rings. The van der Waals surface area contributed by atoms with Crippen LogP contribution in [-0.4, -0.2) is 37.7 Å². The lowest BCUT2D eigenvalue weighted by molar-refractivity contribution is 0.557. The third kappa shape index (κ3) is 5.42. The summed E-state index contributed by atoms with van der Waals surface area (Å²) in [7, 11) is -2.34. The van der Waals surface area contributed by atoms with E-state index in [4.69, 9.17) is 0 Å². The zero-order chi connectivity index (χ0) is 14.5. The van der Waals surface area contributed by atoms with Crippen molar-refractivity contribution in [3.8, 4) is 0 Å². The van der Waals surface area contributed by atoms with Gasteiger partial charge < -0.3 is 5.32 Å². The molecule has 0 radical (unpaired) electrons. The van der Waals surface area contributed by atoms with E-state index in [-0.39, 0.29) is 4.90 Å². The van der Waals surface area contributed by atoms with E-state index in [9.17, 15) is 12.6 Å². The molecule has 108 valence electrons. The van der Waals surface area contributed by atoms with Crippen molar-refractivity contribution in [1.82, 2.24) is 5.32 Å². The Hall–Kier alpha value is -0.720. The monoisotopic (exact) mass is 303 g/mol. The quantitative estimate of drug-likeness (QED) is 0.831. The lowest BCUT2D eigenvalue weighted by atomic mass is 10.2. The first-order valence-electron chi connectivity index (χ1n) is 6.20. The smallest absolute Gasteiger partial charge is 0.175 e. The Morgan fingerprint density at radius 2 is 1.84 bits per heavy atom. The molecule has 0 spiro atoms. The second-order valence-electron chi connectivity index (χ2n) is 4.63. The van der Waals surface area contributed by atoms with Gasteiger partial charge in [0.15, 0.2) is 9.84 Å². The molecule has 1 rings (SSSR count). The van der Waals surface area contributed by atoms with Crippen molar-refractivity contribution in [1.29, 1.82) is 0 Å². The van der Waals surface area contributed by atoms with Gasteiger partial charge in [0.05, 0.1) is 15.7 Å². The highest BCUT2D eigenvalue weighted by molar-refractivity contribution is 7.90. The highest BCUT2D eigenvalue weighted by Crippen LogP contribution is 2.14. The van der Waals surface area contributed by atoms with Crippen LogP contribution in [0, 0.1) is 0 Å². The van der Waals surface area contributed by atoms with Crippen LogP contribution in [0.4, 0.5) is 0 Å².